The van der Waals surface area contributed by atoms with E-state index in [0.717, 1.165) is 11.1 Å². The van der Waals surface area contributed by atoms with Crippen LogP contribution in [0.25, 0.3) is 0 Å². The van der Waals surface area contributed by atoms with Crippen molar-refractivity contribution in [3.63, 3.8) is 0 Å². The Kier molecular flexibility index (Phi) is 4.10. The number of carbonyl (C=O) groups excluding carboxylic acids is 1. The maximum atomic E-state index is 13.0. The molecule has 0 unspecified atom stereocenters. The van der Waals surface area contributed by atoms with Crippen molar-refractivity contribution in [2.75, 3.05) is 21.0 Å². The van der Waals surface area contributed by atoms with E-state index in [1.54, 1.807) is 26.4 Å². The second-order valence-electron chi connectivity index (χ2n) is 7.57. The molecule has 1 saturated carbocycles. The van der Waals surface area contributed by atoms with E-state index in [4.69, 9.17) is 23.7 Å². The summed E-state index contributed by atoms with van der Waals surface area (Å²) >= 11 is 0. The predicted molar refractivity (Wildman–Crippen MR) is 102 cm³/mol. The lowest BCUT2D eigenvalue weighted by atomic mass is 9.67. The molecule has 1 aliphatic carbocycles. The summed E-state index contributed by atoms with van der Waals surface area (Å²) in [6.07, 6.45) is 1.37. The summed E-state index contributed by atoms with van der Waals surface area (Å²) in [5, 5.41) is 11.4. The van der Waals surface area contributed by atoms with E-state index < -0.39 is 17.6 Å². The number of aliphatic hydroxyl groups is 1. The van der Waals surface area contributed by atoms with E-state index in [1.165, 1.54) is 0 Å². The number of rotatable bonds is 3. The van der Waals surface area contributed by atoms with Gasteiger partial charge in [0, 0.05) is 42.0 Å². The van der Waals surface area contributed by atoms with E-state index in [-0.39, 0.29) is 12.6 Å². The Balaban J connectivity index is 1.74. The smallest absolute Gasteiger partial charge is 0.231 e. The molecule has 7 nitrogen and oxygen atoms in total. The number of ether oxygens (including phenoxy) is 5. The zero-order chi connectivity index (χ0) is 20.2. The SMILES string of the molecule is COc1ccc([C@H]2c3cc4c(cc3O[C@@]3(O)CCCC(=O)[C@H]23)OCO4)c(OC)c1. The third-order valence-electron chi connectivity index (χ3n) is 6.03. The van der Waals surface area contributed by atoms with Crippen molar-refractivity contribution in [1.82, 2.24) is 0 Å². The van der Waals surface area contributed by atoms with Gasteiger partial charge in [0.25, 0.3) is 0 Å². The normalized spacial score (nSPS) is 26.9. The molecule has 3 aliphatic rings. The Labute approximate surface area is 168 Å². The second-order valence-corrected chi connectivity index (χ2v) is 7.57. The quantitative estimate of drug-likeness (QED) is 0.851. The van der Waals surface area contributed by atoms with E-state index in [1.807, 2.05) is 18.2 Å². The van der Waals surface area contributed by atoms with Crippen molar-refractivity contribution in [3.05, 3.63) is 41.5 Å². The molecule has 0 bridgehead atoms. The highest BCUT2D eigenvalue weighted by atomic mass is 16.7. The summed E-state index contributed by atoms with van der Waals surface area (Å²) in [5.74, 6) is 0.0844. The van der Waals surface area contributed by atoms with Gasteiger partial charge in [0.1, 0.15) is 23.0 Å². The fourth-order valence-corrected chi connectivity index (χ4v) is 4.70. The third kappa shape index (κ3) is 2.72. The minimum atomic E-state index is -1.58. The van der Waals surface area contributed by atoms with Crippen LogP contribution in [0.5, 0.6) is 28.7 Å². The van der Waals surface area contributed by atoms with E-state index in [2.05, 4.69) is 0 Å². The highest BCUT2D eigenvalue weighted by Crippen LogP contribution is 2.55. The van der Waals surface area contributed by atoms with Gasteiger partial charge in [-0.05, 0) is 18.6 Å². The van der Waals surface area contributed by atoms with Crippen LogP contribution in [0.1, 0.15) is 36.3 Å². The highest BCUT2D eigenvalue weighted by Gasteiger charge is 2.55. The third-order valence-corrected chi connectivity index (χ3v) is 6.03. The van der Waals surface area contributed by atoms with Crippen LogP contribution in [0.4, 0.5) is 0 Å². The van der Waals surface area contributed by atoms with Gasteiger partial charge in [0.2, 0.25) is 12.6 Å². The standard InChI is InChI=1S/C22H22O7/c1-25-12-5-6-13(16(8-12)26-2)20-14-9-18-19(28-11-27-18)10-17(14)29-22(24)7-3-4-15(23)21(20)22/h5-6,8-10,20-21,24H,3-4,7,11H2,1-2H3/t20-,21+,22-/m0/s1. The number of Topliss-reactive ketones (excluding diaryl/α,β-unsaturated/α-hetero) is 1. The molecular formula is C22H22O7. The second kappa shape index (κ2) is 6.56. The average Bonchev–Trinajstić information content (AvgIpc) is 3.17. The van der Waals surface area contributed by atoms with Crippen molar-refractivity contribution in [2.24, 2.45) is 5.92 Å². The van der Waals surface area contributed by atoms with E-state index in [9.17, 15) is 9.90 Å². The van der Waals surface area contributed by atoms with Gasteiger partial charge in [0.05, 0.1) is 20.1 Å². The lowest BCUT2D eigenvalue weighted by molar-refractivity contribution is -0.206. The molecule has 2 heterocycles. The van der Waals surface area contributed by atoms with Crippen LogP contribution in [0.3, 0.4) is 0 Å². The van der Waals surface area contributed by atoms with E-state index in [0.29, 0.717) is 48.0 Å². The number of ketones is 1. The van der Waals surface area contributed by atoms with Crippen LogP contribution in [0, 0.1) is 5.92 Å². The number of hydrogen-bond donors (Lipinski definition) is 1. The van der Waals surface area contributed by atoms with Crippen LogP contribution in [0.15, 0.2) is 30.3 Å². The zero-order valence-corrected chi connectivity index (χ0v) is 16.3. The lowest BCUT2D eigenvalue weighted by Gasteiger charge is -2.47. The Morgan fingerprint density at radius 3 is 2.59 bits per heavy atom. The summed E-state index contributed by atoms with van der Waals surface area (Å²) < 4.78 is 28.0. The molecule has 3 atom stereocenters. The van der Waals surface area contributed by atoms with Crippen molar-refractivity contribution >= 4 is 5.78 Å². The summed E-state index contributed by atoms with van der Waals surface area (Å²) in [4.78, 5) is 13.0. The molecule has 0 amide bonds. The van der Waals surface area contributed by atoms with E-state index >= 15 is 0 Å². The molecule has 0 aromatic heterocycles. The number of fused-ring (bicyclic) bond motifs is 3. The maximum absolute atomic E-state index is 13.0. The maximum Gasteiger partial charge on any atom is 0.231 e. The molecule has 0 radical (unpaired) electrons. The zero-order valence-electron chi connectivity index (χ0n) is 16.3. The number of methoxy groups -OCH3 is 2. The molecule has 29 heavy (non-hydrogen) atoms. The van der Waals surface area contributed by atoms with Gasteiger partial charge in [-0.2, -0.15) is 0 Å². The van der Waals surface area contributed by atoms with Crippen LogP contribution in [0.2, 0.25) is 0 Å². The lowest BCUT2D eigenvalue weighted by Crippen LogP contribution is -2.55. The van der Waals surface area contributed by atoms with Crippen molar-refractivity contribution in [1.29, 1.82) is 0 Å². The first-order chi connectivity index (χ1) is 14.0. The molecule has 2 aromatic rings. The summed E-state index contributed by atoms with van der Waals surface area (Å²) in [5.41, 5.74) is 1.55. The van der Waals surface area contributed by atoms with Crippen LogP contribution in [-0.2, 0) is 4.79 Å². The topological polar surface area (TPSA) is 83.5 Å². The average molecular weight is 398 g/mol. The number of hydrogen-bond acceptors (Lipinski definition) is 7. The Morgan fingerprint density at radius 2 is 1.83 bits per heavy atom. The van der Waals surface area contributed by atoms with Gasteiger partial charge in [-0.15, -0.1) is 0 Å². The highest BCUT2D eigenvalue weighted by molar-refractivity contribution is 5.85. The fraction of sp³-hybridized carbons (Fsp3) is 0.409. The summed E-state index contributed by atoms with van der Waals surface area (Å²) in [6.45, 7) is 0.126. The molecular weight excluding hydrogens is 376 g/mol. The largest absolute Gasteiger partial charge is 0.497 e. The number of carbonyl (C=O) groups is 1. The summed E-state index contributed by atoms with van der Waals surface area (Å²) in [7, 11) is 3.16. The van der Waals surface area contributed by atoms with Gasteiger partial charge >= 0.3 is 0 Å². The fourth-order valence-electron chi connectivity index (χ4n) is 4.70. The summed E-state index contributed by atoms with van der Waals surface area (Å²) in [6, 6.07) is 9.06. The molecule has 0 spiro atoms. The minimum absolute atomic E-state index is 0.0232. The van der Waals surface area contributed by atoms with Crippen molar-refractivity contribution in [3.8, 4) is 28.7 Å². The van der Waals surface area contributed by atoms with Crippen LogP contribution < -0.4 is 23.7 Å². The molecule has 0 saturated heterocycles. The van der Waals surface area contributed by atoms with Crippen molar-refractivity contribution < 1.29 is 33.6 Å². The molecule has 2 aliphatic heterocycles. The molecule has 152 valence electrons. The first kappa shape index (κ1) is 18.1. The Bertz CT molecular complexity index is 985. The van der Waals surface area contributed by atoms with Crippen molar-refractivity contribution in [2.45, 2.75) is 31.0 Å². The van der Waals surface area contributed by atoms with Crippen LogP contribution >= 0.6 is 0 Å². The molecule has 1 N–H and O–H groups in total. The Hall–Kier alpha value is -2.93. The molecule has 2 aromatic carbocycles. The first-order valence-corrected chi connectivity index (χ1v) is 9.63. The van der Waals surface area contributed by atoms with Gasteiger partial charge in [-0.25, -0.2) is 0 Å². The molecule has 7 heteroatoms. The molecule has 5 rings (SSSR count). The van der Waals surface area contributed by atoms with Gasteiger partial charge in [-0.3, -0.25) is 4.79 Å². The van der Waals surface area contributed by atoms with Gasteiger partial charge in [0.15, 0.2) is 11.5 Å². The minimum Gasteiger partial charge on any atom is -0.497 e. The van der Waals surface area contributed by atoms with Crippen LogP contribution in [-0.4, -0.2) is 37.7 Å². The molecule has 1 fully saturated rings. The van der Waals surface area contributed by atoms with Gasteiger partial charge < -0.3 is 28.8 Å². The monoisotopic (exact) mass is 398 g/mol. The predicted octanol–water partition coefficient (Wildman–Crippen LogP) is 3.01. The first-order valence-electron chi connectivity index (χ1n) is 9.63. The Morgan fingerprint density at radius 1 is 1.03 bits per heavy atom. The number of benzene rings is 2. The van der Waals surface area contributed by atoms with Gasteiger partial charge in [-0.1, -0.05) is 6.07 Å².